The van der Waals surface area contributed by atoms with Crippen molar-refractivity contribution in [2.75, 3.05) is 13.2 Å². The number of rotatable bonds is 7. The fourth-order valence-electron chi connectivity index (χ4n) is 3.46. The number of aromatic nitrogens is 2. The lowest BCUT2D eigenvalue weighted by Crippen LogP contribution is -2.25. The van der Waals surface area contributed by atoms with Gasteiger partial charge in [0.2, 0.25) is 5.88 Å². The van der Waals surface area contributed by atoms with E-state index in [1.807, 2.05) is 37.4 Å². The number of hydrogen-bond acceptors (Lipinski definition) is 7. The Bertz CT molecular complexity index is 1030. The molecule has 1 aliphatic heterocycles. The molecular weight excluding hydrogens is 384 g/mol. The third-order valence-corrected chi connectivity index (χ3v) is 4.71. The van der Waals surface area contributed by atoms with Crippen LogP contribution in [0.15, 0.2) is 59.4 Å². The van der Waals surface area contributed by atoms with E-state index >= 15 is 0 Å². The third kappa shape index (κ3) is 4.15. The molecule has 0 radical (unpaired) electrons. The highest BCUT2D eigenvalue weighted by molar-refractivity contribution is 5.92. The lowest BCUT2D eigenvalue weighted by Gasteiger charge is -2.27. The standard InChI is InChI=1S/C22H24N4O4/c1-4-28-18-8-7-15(11-16(18)13-26-10-6-9-25-26)20-17(12-23)21(24)30-14(3)19(20)22(27)29-5-2/h6-11,20H,4-5,13,24H2,1-3H3. The zero-order valence-electron chi connectivity index (χ0n) is 17.2. The van der Waals surface area contributed by atoms with E-state index in [-0.39, 0.29) is 23.6 Å². The van der Waals surface area contributed by atoms with Crippen LogP contribution < -0.4 is 10.5 Å². The fraction of sp³-hybridized carbons (Fsp3) is 0.318. The van der Waals surface area contributed by atoms with E-state index in [2.05, 4.69) is 11.2 Å². The molecule has 0 amide bonds. The van der Waals surface area contributed by atoms with E-state index in [9.17, 15) is 10.1 Å². The third-order valence-electron chi connectivity index (χ3n) is 4.71. The SMILES string of the molecule is CCOC(=O)C1=C(C)OC(N)=C(C#N)C1c1ccc(OCC)c(Cn2cccn2)c1. The van der Waals surface area contributed by atoms with Crippen LogP contribution in [0.5, 0.6) is 5.75 Å². The van der Waals surface area contributed by atoms with Gasteiger partial charge in [0.1, 0.15) is 23.2 Å². The molecule has 8 nitrogen and oxygen atoms in total. The van der Waals surface area contributed by atoms with Gasteiger partial charge in [-0.2, -0.15) is 10.4 Å². The predicted molar refractivity (Wildman–Crippen MR) is 109 cm³/mol. The number of carbonyl (C=O) groups is 1. The summed E-state index contributed by atoms with van der Waals surface area (Å²) in [5, 5.41) is 14.0. The summed E-state index contributed by atoms with van der Waals surface area (Å²) in [6.07, 6.45) is 3.55. The maximum atomic E-state index is 12.7. The molecule has 0 aliphatic carbocycles. The largest absolute Gasteiger partial charge is 0.494 e. The van der Waals surface area contributed by atoms with Crippen molar-refractivity contribution in [3.8, 4) is 11.8 Å². The molecule has 1 aromatic heterocycles. The summed E-state index contributed by atoms with van der Waals surface area (Å²) in [4.78, 5) is 12.7. The monoisotopic (exact) mass is 408 g/mol. The van der Waals surface area contributed by atoms with Crippen LogP contribution >= 0.6 is 0 Å². The van der Waals surface area contributed by atoms with Gasteiger partial charge in [-0.15, -0.1) is 0 Å². The molecule has 0 saturated carbocycles. The first-order valence-corrected chi connectivity index (χ1v) is 9.68. The minimum absolute atomic E-state index is 0.0180. The first-order valence-electron chi connectivity index (χ1n) is 9.68. The molecule has 3 rings (SSSR count). The van der Waals surface area contributed by atoms with Gasteiger partial charge < -0.3 is 19.9 Å². The van der Waals surface area contributed by atoms with Crippen molar-refractivity contribution in [2.24, 2.45) is 5.73 Å². The van der Waals surface area contributed by atoms with Crippen molar-refractivity contribution in [2.45, 2.75) is 33.2 Å². The van der Waals surface area contributed by atoms with Crippen molar-refractivity contribution in [3.63, 3.8) is 0 Å². The predicted octanol–water partition coefficient (Wildman–Crippen LogP) is 2.97. The number of allylic oxidation sites excluding steroid dienone is 2. The minimum Gasteiger partial charge on any atom is -0.494 e. The summed E-state index contributed by atoms with van der Waals surface area (Å²) in [7, 11) is 0. The highest BCUT2D eigenvalue weighted by Gasteiger charge is 2.36. The maximum Gasteiger partial charge on any atom is 0.338 e. The molecule has 0 spiro atoms. The summed E-state index contributed by atoms with van der Waals surface area (Å²) in [6.45, 7) is 6.45. The van der Waals surface area contributed by atoms with Crippen molar-refractivity contribution in [1.29, 1.82) is 5.26 Å². The summed E-state index contributed by atoms with van der Waals surface area (Å²) in [6, 6.07) is 9.49. The number of nitrogens with zero attached hydrogens (tertiary/aromatic N) is 3. The molecule has 2 heterocycles. The number of nitriles is 1. The Morgan fingerprint density at radius 1 is 1.37 bits per heavy atom. The lowest BCUT2D eigenvalue weighted by molar-refractivity contribution is -0.139. The summed E-state index contributed by atoms with van der Waals surface area (Å²) in [5.74, 6) is -0.233. The molecule has 30 heavy (non-hydrogen) atoms. The lowest BCUT2D eigenvalue weighted by atomic mass is 9.82. The van der Waals surface area contributed by atoms with Crippen LogP contribution in [0.1, 0.15) is 37.8 Å². The Morgan fingerprint density at radius 2 is 2.17 bits per heavy atom. The number of hydrogen-bond donors (Lipinski definition) is 1. The average molecular weight is 408 g/mol. The van der Waals surface area contributed by atoms with Crippen LogP contribution in [-0.2, 0) is 20.8 Å². The van der Waals surface area contributed by atoms with Crippen LogP contribution in [0.3, 0.4) is 0 Å². The molecule has 1 aromatic carbocycles. The summed E-state index contributed by atoms with van der Waals surface area (Å²) in [5.41, 5.74) is 7.98. The van der Waals surface area contributed by atoms with Gasteiger partial charge in [-0.1, -0.05) is 6.07 Å². The molecule has 2 N–H and O–H groups in total. The van der Waals surface area contributed by atoms with E-state index < -0.39 is 11.9 Å². The molecule has 8 heteroatoms. The zero-order chi connectivity index (χ0) is 21.7. The molecule has 1 unspecified atom stereocenters. The maximum absolute atomic E-state index is 12.7. The first-order chi connectivity index (χ1) is 14.5. The van der Waals surface area contributed by atoms with E-state index in [1.54, 1.807) is 24.7 Å². The van der Waals surface area contributed by atoms with E-state index in [0.29, 0.717) is 30.2 Å². The van der Waals surface area contributed by atoms with Crippen LogP contribution in [-0.4, -0.2) is 29.0 Å². The van der Waals surface area contributed by atoms with Crippen LogP contribution in [0.25, 0.3) is 0 Å². The fourth-order valence-corrected chi connectivity index (χ4v) is 3.46. The van der Waals surface area contributed by atoms with Crippen molar-refractivity contribution < 1.29 is 19.0 Å². The van der Waals surface area contributed by atoms with Crippen LogP contribution in [0.2, 0.25) is 0 Å². The molecular formula is C22H24N4O4. The second-order valence-corrected chi connectivity index (χ2v) is 6.62. The zero-order valence-corrected chi connectivity index (χ0v) is 17.2. The number of carbonyl (C=O) groups excluding carboxylic acids is 1. The Hall–Kier alpha value is -3.73. The molecule has 1 aliphatic rings. The second-order valence-electron chi connectivity index (χ2n) is 6.62. The number of benzene rings is 1. The Kier molecular flexibility index (Phi) is 6.42. The quantitative estimate of drug-likeness (QED) is 0.701. The number of esters is 1. The first kappa shape index (κ1) is 21.0. The van der Waals surface area contributed by atoms with E-state index in [4.69, 9.17) is 19.9 Å². The van der Waals surface area contributed by atoms with Crippen molar-refractivity contribution in [3.05, 3.63) is 70.6 Å². The minimum atomic E-state index is -0.699. The average Bonchev–Trinajstić information content (AvgIpc) is 3.22. The Labute approximate surface area is 175 Å². The van der Waals surface area contributed by atoms with E-state index in [0.717, 1.165) is 5.56 Å². The van der Waals surface area contributed by atoms with Gasteiger partial charge in [-0.25, -0.2) is 4.79 Å². The topological polar surface area (TPSA) is 112 Å². The van der Waals surface area contributed by atoms with Gasteiger partial charge in [0.15, 0.2) is 0 Å². The Balaban J connectivity index is 2.12. The number of ether oxygens (including phenoxy) is 3. The number of nitrogens with two attached hydrogens (primary N) is 1. The van der Waals surface area contributed by atoms with Gasteiger partial charge >= 0.3 is 5.97 Å². The van der Waals surface area contributed by atoms with Crippen molar-refractivity contribution in [1.82, 2.24) is 9.78 Å². The van der Waals surface area contributed by atoms with Gasteiger partial charge in [-0.3, -0.25) is 4.68 Å². The van der Waals surface area contributed by atoms with Gasteiger partial charge in [0.05, 0.1) is 31.2 Å². The highest BCUT2D eigenvalue weighted by atomic mass is 16.5. The van der Waals surface area contributed by atoms with Gasteiger partial charge in [0.25, 0.3) is 0 Å². The van der Waals surface area contributed by atoms with E-state index in [1.165, 1.54) is 0 Å². The molecule has 0 bridgehead atoms. The second kappa shape index (κ2) is 9.18. The summed E-state index contributed by atoms with van der Waals surface area (Å²) < 4.78 is 18.2. The molecule has 0 fully saturated rings. The van der Waals surface area contributed by atoms with Crippen LogP contribution in [0, 0.1) is 11.3 Å². The smallest absolute Gasteiger partial charge is 0.338 e. The highest BCUT2D eigenvalue weighted by Crippen LogP contribution is 2.40. The van der Waals surface area contributed by atoms with Gasteiger partial charge in [0, 0.05) is 18.0 Å². The molecule has 1 atom stereocenters. The Morgan fingerprint density at radius 3 is 2.80 bits per heavy atom. The van der Waals surface area contributed by atoms with Crippen molar-refractivity contribution >= 4 is 5.97 Å². The molecule has 156 valence electrons. The van der Waals surface area contributed by atoms with Crippen LogP contribution in [0.4, 0.5) is 0 Å². The van der Waals surface area contributed by atoms with Gasteiger partial charge in [-0.05, 0) is 44.5 Å². The molecule has 2 aromatic rings. The summed E-state index contributed by atoms with van der Waals surface area (Å²) >= 11 is 0. The molecule has 0 saturated heterocycles. The normalized spacial score (nSPS) is 16.1.